The summed E-state index contributed by atoms with van der Waals surface area (Å²) in [5.74, 6) is 1.18. The zero-order chi connectivity index (χ0) is 14.3. The number of hydrogen-bond donors (Lipinski definition) is 2. The van der Waals surface area contributed by atoms with Crippen molar-refractivity contribution >= 4 is 34.2 Å². The van der Waals surface area contributed by atoms with Crippen molar-refractivity contribution in [2.45, 2.75) is 44.6 Å². The monoisotopic (exact) mass is 376 g/mol. The zero-order valence-corrected chi connectivity index (χ0v) is 14.5. The molecule has 0 bridgehead atoms. The number of hydrogen-bond acceptors (Lipinski definition) is 3. The van der Waals surface area contributed by atoms with Crippen LogP contribution in [0.1, 0.15) is 54.7 Å². The van der Waals surface area contributed by atoms with Gasteiger partial charge in [-0.05, 0) is 47.5 Å². The Balaban J connectivity index is 0.00000161. The minimum atomic E-state index is 0. The maximum atomic E-state index is 12.7. The Morgan fingerprint density at radius 3 is 2.81 bits per heavy atom. The van der Waals surface area contributed by atoms with E-state index in [0.29, 0.717) is 24.1 Å². The summed E-state index contributed by atoms with van der Waals surface area (Å²) in [4.78, 5) is 14.6. The van der Waals surface area contributed by atoms with E-state index in [1.165, 1.54) is 12.8 Å². The van der Waals surface area contributed by atoms with Crippen LogP contribution in [0.5, 0.6) is 0 Å². The zero-order valence-electron chi connectivity index (χ0n) is 12.1. The van der Waals surface area contributed by atoms with Gasteiger partial charge in [-0.1, -0.05) is 6.92 Å². The number of carbonyl (C=O) groups is 1. The SMILES string of the molecule is CC1CCN(C(=O)c2n[nH]c(C3CC3)c2Br)C(CN)C1.Cl. The number of nitrogens with two attached hydrogens (primary N) is 1. The van der Waals surface area contributed by atoms with Gasteiger partial charge in [0.2, 0.25) is 0 Å². The summed E-state index contributed by atoms with van der Waals surface area (Å²) < 4.78 is 0.847. The first kappa shape index (κ1) is 16.8. The lowest BCUT2D eigenvalue weighted by Crippen LogP contribution is -2.49. The maximum absolute atomic E-state index is 12.7. The van der Waals surface area contributed by atoms with Gasteiger partial charge in [-0.3, -0.25) is 9.89 Å². The van der Waals surface area contributed by atoms with Crippen molar-refractivity contribution in [1.82, 2.24) is 15.1 Å². The second kappa shape index (κ2) is 6.67. The Labute approximate surface area is 139 Å². The van der Waals surface area contributed by atoms with Crippen LogP contribution < -0.4 is 5.73 Å². The van der Waals surface area contributed by atoms with E-state index in [1.807, 2.05) is 4.90 Å². The predicted molar refractivity (Wildman–Crippen MR) is 87.8 cm³/mol. The number of aromatic nitrogens is 2. The molecule has 118 valence electrons. The van der Waals surface area contributed by atoms with Gasteiger partial charge < -0.3 is 10.6 Å². The van der Waals surface area contributed by atoms with E-state index >= 15 is 0 Å². The first-order valence-electron chi connectivity index (χ1n) is 7.36. The summed E-state index contributed by atoms with van der Waals surface area (Å²) in [7, 11) is 0. The maximum Gasteiger partial charge on any atom is 0.275 e. The van der Waals surface area contributed by atoms with Gasteiger partial charge in [0.1, 0.15) is 0 Å². The van der Waals surface area contributed by atoms with Gasteiger partial charge in [0.05, 0.1) is 10.2 Å². The van der Waals surface area contributed by atoms with Crippen LogP contribution in [0.4, 0.5) is 0 Å². The van der Waals surface area contributed by atoms with Crippen LogP contribution >= 0.6 is 28.3 Å². The average molecular weight is 378 g/mol. The quantitative estimate of drug-likeness (QED) is 0.850. The normalized spacial score (nSPS) is 25.6. The number of aromatic amines is 1. The van der Waals surface area contributed by atoms with E-state index in [2.05, 4.69) is 33.1 Å². The number of halogens is 2. The number of nitrogens with zero attached hydrogens (tertiary/aromatic N) is 2. The number of rotatable bonds is 3. The third-order valence-corrected chi connectivity index (χ3v) is 5.23. The molecule has 0 aromatic carbocycles. The lowest BCUT2D eigenvalue weighted by molar-refractivity contribution is 0.0566. The summed E-state index contributed by atoms with van der Waals surface area (Å²) in [5, 5.41) is 7.26. The van der Waals surface area contributed by atoms with Gasteiger partial charge in [-0.2, -0.15) is 5.10 Å². The van der Waals surface area contributed by atoms with Gasteiger partial charge in [0.15, 0.2) is 5.69 Å². The second-order valence-corrected chi connectivity index (χ2v) is 6.88. The molecule has 2 aliphatic rings. The molecule has 1 aliphatic heterocycles. The predicted octanol–water partition coefficient (Wildman–Crippen LogP) is 2.67. The number of H-pyrrole nitrogens is 1. The minimum absolute atomic E-state index is 0. The topological polar surface area (TPSA) is 75.0 Å². The van der Waals surface area contributed by atoms with Crippen LogP contribution in [-0.2, 0) is 0 Å². The van der Waals surface area contributed by atoms with Crippen molar-refractivity contribution in [1.29, 1.82) is 0 Å². The average Bonchev–Trinajstić information content (AvgIpc) is 3.21. The Bertz CT molecular complexity index is 517. The standard InChI is InChI=1S/C14H21BrN4O.ClH/c1-8-4-5-19(10(6-8)7-16)14(20)13-11(15)12(17-18-13)9-2-3-9;/h8-10H,2-7,16H2,1H3,(H,17,18);1H. The summed E-state index contributed by atoms with van der Waals surface area (Å²) in [6.07, 6.45) is 4.39. The third-order valence-electron chi connectivity index (χ3n) is 4.43. The van der Waals surface area contributed by atoms with Crippen LogP contribution in [0.2, 0.25) is 0 Å². The number of carbonyl (C=O) groups excluding carboxylic acids is 1. The molecule has 7 heteroatoms. The Morgan fingerprint density at radius 2 is 2.19 bits per heavy atom. The van der Waals surface area contributed by atoms with Crippen LogP contribution in [0, 0.1) is 5.92 Å². The van der Waals surface area contributed by atoms with Gasteiger partial charge in [0.25, 0.3) is 5.91 Å². The van der Waals surface area contributed by atoms with Crippen LogP contribution in [0.25, 0.3) is 0 Å². The number of nitrogens with one attached hydrogen (secondary N) is 1. The van der Waals surface area contributed by atoms with Crippen molar-refractivity contribution in [3.63, 3.8) is 0 Å². The van der Waals surface area contributed by atoms with Gasteiger partial charge in [-0.25, -0.2) is 0 Å². The molecule has 1 aromatic rings. The fourth-order valence-electron chi connectivity index (χ4n) is 3.00. The summed E-state index contributed by atoms with van der Waals surface area (Å²) in [6.45, 7) is 3.52. The summed E-state index contributed by atoms with van der Waals surface area (Å²) in [5.41, 5.74) is 7.43. The molecule has 2 fully saturated rings. The highest BCUT2D eigenvalue weighted by Crippen LogP contribution is 2.43. The second-order valence-electron chi connectivity index (χ2n) is 6.09. The molecule has 1 saturated carbocycles. The molecule has 5 nitrogen and oxygen atoms in total. The third kappa shape index (κ3) is 3.27. The first-order valence-corrected chi connectivity index (χ1v) is 8.16. The van der Waals surface area contributed by atoms with Crippen molar-refractivity contribution < 1.29 is 4.79 Å². The van der Waals surface area contributed by atoms with E-state index in [-0.39, 0.29) is 24.4 Å². The van der Waals surface area contributed by atoms with Gasteiger partial charge in [-0.15, -0.1) is 12.4 Å². The van der Waals surface area contributed by atoms with Gasteiger partial charge >= 0.3 is 0 Å². The number of piperidine rings is 1. The lowest BCUT2D eigenvalue weighted by atomic mass is 9.92. The van der Waals surface area contributed by atoms with Crippen LogP contribution in [-0.4, -0.2) is 40.1 Å². The molecule has 1 aromatic heterocycles. The molecule has 3 rings (SSSR count). The Morgan fingerprint density at radius 1 is 1.48 bits per heavy atom. The highest BCUT2D eigenvalue weighted by atomic mass is 79.9. The minimum Gasteiger partial charge on any atom is -0.333 e. The van der Waals surface area contributed by atoms with Crippen LogP contribution in [0.15, 0.2) is 4.47 Å². The lowest BCUT2D eigenvalue weighted by Gasteiger charge is -2.37. The molecular formula is C14H22BrClN4O. The Hall–Kier alpha value is -0.590. The molecule has 0 radical (unpaired) electrons. The summed E-state index contributed by atoms with van der Waals surface area (Å²) >= 11 is 3.54. The molecule has 21 heavy (non-hydrogen) atoms. The molecule has 1 aliphatic carbocycles. The molecular weight excluding hydrogens is 356 g/mol. The first-order chi connectivity index (χ1) is 9.61. The number of likely N-dealkylation sites (tertiary alicyclic amines) is 1. The fraction of sp³-hybridized carbons (Fsp3) is 0.714. The van der Waals surface area contributed by atoms with Crippen molar-refractivity contribution in [2.24, 2.45) is 11.7 Å². The van der Waals surface area contributed by atoms with E-state index in [4.69, 9.17) is 5.73 Å². The van der Waals surface area contributed by atoms with E-state index in [0.717, 1.165) is 29.6 Å². The molecule has 2 heterocycles. The highest BCUT2D eigenvalue weighted by Gasteiger charge is 2.35. The highest BCUT2D eigenvalue weighted by molar-refractivity contribution is 9.10. The Kier molecular flexibility index (Phi) is 5.33. The molecule has 0 spiro atoms. The fourth-order valence-corrected chi connectivity index (χ4v) is 3.68. The molecule has 2 atom stereocenters. The van der Waals surface area contributed by atoms with Gasteiger partial charge in [0, 0.05) is 25.0 Å². The van der Waals surface area contributed by atoms with Crippen molar-refractivity contribution in [3.8, 4) is 0 Å². The van der Waals surface area contributed by atoms with Crippen molar-refractivity contribution in [2.75, 3.05) is 13.1 Å². The number of amides is 1. The molecule has 1 saturated heterocycles. The largest absolute Gasteiger partial charge is 0.333 e. The van der Waals surface area contributed by atoms with E-state index in [9.17, 15) is 4.79 Å². The van der Waals surface area contributed by atoms with E-state index in [1.54, 1.807) is 0 Å². The van der Waals surface area contributed by atoms with Crippen LogP contribution in [0.3, 0.4) is 0 Å². The molecule has 2 unspecified atom stereocenters. The molecule has 3 N–H and O–H groups in total. The van der Waals surface area contributed by atoms with E-state index < -0.39 is 0 Å². The van der Waals surface area contributed by atoms with Crippen molar-refractivity contribution in [3.05, 3.63) is 15.9 Å². The summed E-state index contributed by atoms with van der Waals surface area (Å²) in [6, 6.07) is 0.138. The molecule has 1 amide bonds. The smallest absolute Gasteiger partial charge is 0.275 e.